The molecule has 0 saturated carbocycles. The van der Waals surface area contributed by atoms with Crippen LogP contribution in [-0.2, 0) is 0 Å². The van der Waals surface area contributed by atoms with Gasteiger partial charge in [-0.1, -0.05) is 66.2 Å². The van der Waals surface area contributed by atoms with E-state index in [4.69, 9.17) is 16.0 Å². The Balaban J connectivity index is 1.61. The number of rotatable bonds is 5. The molecule has 1 aromatic heterocycles. The molecule has 0 radical (unpaired) electrons. The Morgan fingerprint density at radius 1 is 0.933 bits per heavy atom. The maximum absolute atomic E-state index is 12.8. The number of amides is 2. The average Bonchev–Trinajstić information content (AvgIpc) is 3.26. The third-order valence-corrected chi connectivity index (χ3v) is 5.04. The summed E-state index contributed by atoms with van der Waals surface area (Å²) in [5, 5.41) is 14.7. The van der Waals surface area contributed by atoms with Crippen LogP contribution in [0, 0.1) is 6.92 Å². The standard InChI is InChI=1S/C23H19ClN4O2/c1-15-18(24)13-8-14-19(15)25-23(29)26-20(16-9-4-2-5-10-16)22-28-27-21(30-22)17-11-6-3-7-12-17/h2-14,20H,1H3,(H2,25,26,29)/t20-/m1/s1. The van der Waals surface area contributed by atoms with Gasteiger partial charge >= 0.3 is 6.03 Å². The third-order valence-electron chi connectivity index (χ3n) is 4.63. The van der Waals surface area contributed by atoms with Crippen molar-refractivity contribution < 1.29 is 9.21 Å². The van der Waals surface area contributed by atoms with Crippen molar-refractivity contribution in [2.75, 3.05) is 5.32 Å². The fourth-order valence-electron chi connectivity index (χ4n) is 3.01. The second-order valence-corrected chi connectivity index (χ2v) is 7.07. The first-order chi connectivity index (χ1) is 14.6. The second kappa shape index (κ2) is 8.80. The zero-order chi connectivity index (χ0) is 20.9. The number of urea groups is 1. The minimum absolute atomic E-state index is 0.290. The fraction of sp³-hybridized carbons (Fsp3) is 0.0870. The van der Waals surface area contributed by atoms with E-state index < -0.39 is 12.1 Å². The Bertz CT molecular complexity index is 1150. The highest BCUT2D eigenvalue weighted by Gasteiger charge is 2.23. The van der Waals surface area contributed by atoms with Crippen LogP contribution < -0.4 is 10.6 Å². The molecular weight excluding hydrogens is 400 g/mol. The number of benzene rings is 3. The predicted molar refractivity (Wildman–Crippen MR) is 116 cm³/mol. The Morgan fingerprint density at radius 2 is 1.63 bits per heavy atom. The average molecular weight is 419 g/mol. The number of aromatic nitrogens is 2. The fourth-order valence-corrected chi connectivity index (χ4v) is 3.19. The van der Waals surface area contributed by atoms with Crippen LogP contribution in [0.5, 0.6) is 0 Å². The molecule has 7 heteroatoms. The van der Waals surface area contributed by atoms with Crippen LogP contribution in [0.4, 0.5) is 10.5 Å². The summed E-state index contributed by atoms with van der Waals surface area (Å²) in [6, 6.07) is 23.3. The number of nitrogens with zero attached hydrogens (tertiary/aromatic N) is 2. The van der Waals surface area contributed by atoms with Crippen molar-refractivity contribution >= 4 is 23.3 Å². The van der Waals surface area contributed by atoms with Crippen LogP contribution in [-0.4, -0.2) is 16.2 Å². The minimum Gasteiger partial charge on any atom is -0.418 e. The number of hydrogen-bond acceptors (Lipinski definition) is 4. The highest BCUT2D eigenvalue weighted by Crippen LogP contribution is 2.26. The number of carbonyl (C=O) groups is 1. The minimum atomic E-state index is -0.615. The molecule has 0 unspecified atom stereocenters. The summed E-state index contributed by atoms with van der Waals surface area (Å²) in [5.74, 6) is 0.678. The molecule has 1 atom stereocenters. The van der Waals surface area contributed by atoms with Crippen LogP contribution >= 0.6 is 11.6 Å². The van der Waals surface area contributed by atoms with Crippen molar-refractivity contribution in [1.82, 2.24) is 15.5 Å². The van der Waals surface area contributed by atoms with Crippen LogP contribution in [0.1, 0.15) is 23.1 Å². The van der Waals surface area contributed by atoms with E-state index in [1.54, 1.807) is 18.2 Å². The predicted octanol–water partition coefficient (Wildman–Crippen LogP) is 5.61. The van der Waals surface area contributed by atoms with Crippen molar-refractivity contribution in [3.8, 4) is 11.5 Å². The molecule has 2 N–H and O–H groups in total. The van der Waals surface area contributed by atoms with Crippen molar-refractivity contribution in [1.29, 1.82) is 0 Å². The van der Waals surface area contributed by atoms with Crippen molar-refractivity contribution in [3.05, 3.63) is 101 Å². The Morgan fingerprint density at radius 3 is 2.37 bits per heavy atom. The topological polar surface area (TPSA) is 80.0 Å². The van der Waals surface area contributed by atoms with E-state index in [9.17, 15) is 4.79 Å². The molecule has 0 saturated heterocycles. The summed E-state index contributed by atoms with van der Waals surface area (Å²) in [6.07, 6.45) is 0. The molecule has 0 aliphatic rings. The Labute approximate surface area is 178 Å². The molecule has 0 bridgehead atoms. The molecule has 0 aliphatic heterocycles. The zero-order valence-corrected chi connectivity index (χ0v) is 16.9. The zero-order valence-electron chi connectivity index (χ0n) is 16.2. The van der Waals surface area contributed by atoms with Gasteiger partial charge in [0.05, 0.1) is 0 Å². The Kier molecular flexibility index (Phi) is 5.77. The quantitative estimate of drug-likeness (QED) is 0.441. The second-order valence-electron chi connectivity index (χ2n) is 6.67. The van der Waals surface area contributed by atoms with Gasteiger partial charge in [0.1, 0.15) is 6.04 Å². The molecule has 0 fully saturated rings. The maximum Gasteiger partial charge on any atom is 0.320 e. The van der Waals surface area contributed by atoms with Crippen LogP contribution in [0.2, 0.25) is 5.02 Å². The first-order valence-electron chi connectivity index (χ1n) is 9.38. The van der Waals surface area contributed by atoms with Gasteiger partial charge in [0.15, 0.2) is 0 Å². The van der Waals surface area contributed by atoms with Gasteiger partial charge in [-0.05, 0) is 42.3 Å². The molecule has 1 heterocycles. The van der Waals surface area contributed by atoms with Gasteiger partial charge in [-0.15, -0.1) is 10.2 Å². The lowest BCUT2D eigenvalue weighted by Crippen LogP contribution is -2.33. The van der Waals surface area contributed by atoms with Crippen LogP contribution in [0.15, 0.2) is 83.3 Å². The van der Waals surface area contributed by atoms with Crippen molar-refractivity contribution in [3.63, 3.8) is 0 Å². The molecular formula is C23H19ClN4O2. The number of carbonyl (C=O) groups excluding carboxylic acids is 1. The number of halogens is 1. The largest absolute Gasteiger partial charge is 0.418 e. The van der Waals surface area contributed by atoms with Gasteiger partial charge in [0.25, 0.3) is 0 Å². The number of nitrogens with one attached hydrogen (secondary N) is 2. The van der Waals surface area contributed by atoms with Crippen molar-refractivity contribution in [2.45, 2.75) is 13.0 Å². The van der Waals surface area contributed by atoms with Gasteiger partial charge < -0.3 is 15.1 Å². The van der Waals surface area contributed by atoms with E-state index in [1.807, 2.05) is 67.6 Å². The molecule has 3 aromatic carbocycles. The summed E-state index contributed by atoms with van der Waals surface area (Å²) in [5.41, 5.74) is 3.04. The van der Waals surface area contributed by atoms with Gasteiger partial charge in [0, 0.05) is 16.3 Å². The van der Waals surface area contributed by atoms with E-state index in [-0.39, 0.29) is 5.89 Å². The maximum atomic E-state index is 12.8. The summed E-state index contributed by atoms with van der Waals surface area (Å²) >= 11 is 6.15. The van der Waals surface area contributed by atoms with E-state index in [2.05, 4.69) is 20.8 Å². The summed E-state index contributed by atoms with van der Waals surface area (Å²) < 4.78 is 5.89. The lowest BCUT2D eigenvalue weighted by Gasteiger charge is -2.17. The highest BCUT2D eigenvalue weighted by atomic mass is 35.5. The summed E-state index contributed by atoms with van der Waals surface area (Å²) in [7, 11) is 0. The third kappa shape index (κ3) is 4.34. The normalized spacial score (nSPS) is 11.7. The van der Waals surface area contributed by atoms with E-state index in [0.29, 0.717) is 16.6 Å². The van der Waals surface area contributed by atoms with Crippen LogP contribution in [0.3, 0.4) is 0 Å². The van der Waals surface area contributed by atoms with Crippen molar-refractivity contribution in [2.24, 2.45) is 0 Å². The van der Waals surface area contributed by atoms with Gasteiger partial charge in [-0.25, -0.2) is 4.79 Å². The summed E-state index contributed by atoms with van der Waals surface area (Å²) in [4.78, 5) is 12.8. The monoisotopic (exact) mass is 418 g/mol. The molecule has 0 spiro atoms. The van der Waals surface area contributed by atoms with Gasteiger partial charge in [0.2, 0.25) is 11.8 Å². The lowest BCUT2D eigenvalue weighted by molar-refractivity contribution is 0.248. The molecule has 2 amide bonds. The molecule has 4 aromatic rings. The molecule has 30 heavy (non-hydrogen) atoms. The van der Waals surface area contributed by atoms with Crippen LogP contribution in [0.25, 0.3) is 11.5 Å². The molecule has 6 nitrogen and oxygen atoms in total. The molecule has 150 valence electrons. The smallest absolute Gasteiger partial charge is 0.320 e. The first-order valence-corrected chi connectivity index (χ1v) is 9.76. The lowest BCUT2D eigenvalue weighted by atomic mass is 10.1. The van der Waals surface area contributed by atoms with Gasteiger partial charge in [-0.3, -0.25) is 0 Å². The Hall–Kier alpha value is -3.64. The van der Waals surface area contributed by atoms with Gasteiger partial charge in [-0.2, -0.15) is 0 Å². The molecule has 4 rings (SSSR count). The van der Waals surface area contributed by atoms with E-state index in [1.165, 1.54) is 0 Å². The number of anilines is 1. The molecule has 0 aliphatic carbocycles. The highest BCUT2D eigenvalue weighted by molar-refractivity contribution is 6.31. The van der Waals surface area contributed by atoms with E-state index >= 15 is 0 Å². The van der Waals surface area contributed by atoms with E-state index in [0.717, 1.165) is 16.7 Å². The summed E-state index contributed by atoms with van der Waals surface area (Å²) in [6.45, 7) is 1.84. The number of hydrogen-bond donors (Lipinski definition) is 2. The SMILES string of the molecule is Cc1c(Cl)cccc1NC(=O)N[C@H](c1ccccc1)c1nnc(-c2ccccc2)o1. The first kappa shape index (κ1) is 19.7.